The molecule has 2 atom stereocenters. The van der Waals surface area contributed by atoms with Crippen LogP contribution in [0, 0.1) is 12.8 Å². The maximum Gasteiger partial charge on any atom is 0.305 e. The second-order valence-corrected chi connectivity index (χ2v) is 9.78. The van der Waals surface area contributed by atoms with Gasteiger partial charge in [0, 0.05) is 13.3 Å². The quantitative estimate of drug-likeness (QED) is 0.243. The van der Waals surface area contributed by atoms with Gasteiger partial charge in [-0.25, -0.2) is 9.13 Å². The Kier molecular flexibility index (Phi) is 8.24. The van der Waals surface area contributed by atoms with Crippen LogP contribution in [-0.2, 0) is 26.3 Å². The molecule has 1 aliphatic rings. The van der Waals surface area contributed by atoms with Gasteiger partial charge in [-0.1, -0.05) is 60.7 Å². The summed E-state index contributed by atoms with van der Waals surface area (Å²) in [5.74, 6) is 0.889. The Morgan fingerprint density at radius 1 is 1.03 bits per heavy atom. The number of aryl methyl sites for hydroxylation is 1. The molecule has 36 heavy (non-hydrogen) atoms. The van der Waals surface area contributed by atoms with Crippen LogP contribution in [0.15, 0.2) is 73.1 Å². The van der Waals surface area contributed by atoms with E-state index >= 15 is 0 Å². The molecule has 6 heteroatoms. The van der Waals surface area contributed by atoms with Crippen molar-refractivity contribution in [2.24, 2.45) is 11.7 Å². The van der Waals surface area contributed by atoms with E-state index in [0.717, 1.165) is 49.8 Å². The molecule has 2 aromatic carbocycles. The molecule has 0 spiro atoms. The first-order chi connectivity index (χ1) is 17.5. The predicted octanol–water partition coefficient (Wildman–Crippen LogP) is 4.63. The van der Waals surface area contributed by atoms with Crippen LogP contribution in [0.2, 0.25) is 0 Å². The van der Waals surface area contributed by atoms with Crippen molar-refractivity contribution in [3.63, 3.8) is 0 Å². The smallest absolute Gasteiger partial charge is 0.305 e. The van der Waals surface area contributed by atoms with E-state index in [1.54, 1.807) is 0 Å². The van der Waals surface area contributed by atoms with E-state index in [9.17, 15) is 9.59 Å². The van der Waals surface area contributed by atoms with Crippen molar-refractivity contribution in [3.05, 3.63) is 90.0 Å². The van der Waals surface area contributed by atoms with Gasteiger partial charge < -0.3 is 10.5 Å². The number of imidazole rings is 1. The van der Waals surface area contributed by atoms with Crippen molar-refractivity contribution < 1.29 is 18.9 Å². The largest absolute Gasteiger partial charge is 0.466 e. The first kappa shape index (κ1) is 25.7. The van der Waals surface area contributed by atoms with Crippen molar-refractivity contribution in [1.29, 1.82) is 0 Å². The molecule has 6 nitrogen and oxygen atoms in total. The second kappa shape index (κ2) is 11.5. The summed E-state index contributed by atoms with van der Waals surface area (Å²) in [5, 5.41) is 0. The van der Waals surface area contributed by atoms with Crippen molar-refractivity contribution >= 4 is 11.9 Å². The molecule has 190 valence electrons. The number of carbonyl (C=O) groups is 2. The molecular formula is C30H38N3O3+. The molecule has 0 saturated heterocycles. The monoisotopic (exact) mass is 488 g/mol. The van der Waals surface area contributed by atoms with Crippen molar-refractivity contribution in [3.8, 4) is 0 Å². The van der Waals surface area contributed by atoms with Crippen LogP contribution in [0.5, 0.6) is 0 Å². The van der Waals surface area contributed by atoms with E-state index in [4.69, 9.17) is 10.5 Å². The number of hydrogen-bond donors (Lipinski definition) is 1. The summed E-state index contributed by atoms with van der Waals surface area (Å²) in [5.41, 5.74) is 7.34. The van der Waals surface area contributed by atoms with Gasteiger partial charge in [0.15, 0.2) is 0 Å². The molecule has 1 aliphatic carbocycles. The van der Waals surface area contributed by atoms with Gasteiger partial charge in [-0.3, -0.25) is 9.59 Å². The lowest BCUT2D eigenvalue weighted by atomic mass is 9.64. The number of ether oxygens (including phenoxy) is 1. The number of nitrogens with two attached hydrogens (primary N) is 1. The average Bonchev–Trinajstić information content (AvgIpc) is 3.51. The average molecular weight is 489 g/mol. The third-order valence-corrected chi connectivity index (χ3v) is 7.79. The van der Waals surface area contributed by atoms with Crippen LogP contribution in [0.4, 0.5) is 0 Å². The maximum atomic E-state index is 13.3. The van der Waals surface area contributed by atoms with Gasteiger partial charge in [0.2, 0.25) is 5.91 Å². The molecule has 0 aliphatic heterocycles. The van der Waals surface area contributed by atoms with Gasteiger partial charge in [0.25, 0.3) is 5.82 Å². The molecule has 0 radical (unpaired) electrons. The number of aromatic nitrogens is 2. The highest BCUT2D eigenvalue weighted by molar-refractivity contribution is 5.91. The van der Waals surface area contributed by atoms with Crippen LogP contribution in [-0.4, -0.2) is 23.1 Å². The molecule has 3 aromatic rings. The van der Waals surface area contributed by atoms with Crippen molar-refractivity contribution in [1.82, 2.24) is 4.57 Å². The molecule has 2 N–H and O–H groups in total. The number of amides is 1. The number of nitrogens with zero attached hydrogens (tertiary/aromatic N) is 2. The SMILES string of the molecule is CCOC(=O)CCCC[n+]1ccn([C@H]2CC[C@@H](C(C(N)=O)(c3ccccc3)c3ccccc3)C2)c1C. The molecule has 0 unspecified atom stereocenters. The number of carbonyl (C=O) groups excluding carboxylic acids is 2. The topological polar surface area (TPSA) is 78.2 Å². The van der Waals surface area contributed by atoms with E-state index in [-0.39, 0.29) is 17.8 Å². The Morgan fingerprint density at radius 2 is 1.67 bits per heavy atom. The van der Waals surface area contributed by atoms with Gasteiger partial charge in [0.05, 0.1) is 13.2 Å². The molecule has 1 fully saturated rings. The summed E-state index contributed by atoms with van der Waals surface area (Å²) < 4.78 is 9.64. The number of benzene rings is 2. The minimum Gasteiger partial charge on any atom is -0.466 e. The summed E-state index contributed by atoms with van der Waals surface area (Å²) in [7, 11) is 0. The first-order valence-corrected chi connectivity index (χ1v) is 13.1. The van der Waals surface area contributed by atoms with E-state index in [1.807, 2.05) is 67.6 Å². The predicted molar refractivity (Wildman–Crippen MR) is 139 cm³/mol. The molecule has 1 aromatic heterocycles. The maximum absolute atomic E-state index is 13.3. The highest BCUT2D eigenvalue weighted by Crippen LogP contribution is 2.49. The van der Waals surface area contributed by atoms with Gasteiger partial charge in [-0.05, 0) is 56.1 Å². The van der Waals surface area contributed by atoms with Crippen LogP contribution < -0.4 is 10.3 Å². The second-order valence-electron chi connectivity index (χ2n) is 9.78. The number of rotatable bonds is 11. The fraction of sp³-hybridized carbons (Fsp3) is 0.433. The zero-order valence-corrected chi connectivity index (χ0v) is 21.4. The third-order valence-electron chi connectivity index (χ3n) is 7.79. The van der Waals surface area contributed by atoms with Crippen molar-refractivity contribution in [2.75, 3.05) is 6.61 Å². The van der Waals surface area contributed by atoms with Gasteiger partial charge >= 0.3 is 5.97 Å². The lowest BCUT2D eigenvalue weighted by molar-refractivity contribution is -0.703. The van der Waals surface area contributed by atoms with Gasteiger partial charge in [0.1, 0.15) is 23.9 Å². The van der Waals surface area contributed by atoms with Crippen LogP contribution in [0.1, 0.15) is 68.4 Å². The Hall–Kier alpha value is -3.41. The number of esters is 1. The van der Waals surface area contributed by atoms with Gasteiger partial charge in [-0.2, -0.15) is 0 Å². The Morgan fingerprint density at radius 3 is 2.25 bits per heavy atom. The minimum atomic E-state index is -0.860. The van der Waals surface area contributed by atoms with Crippen LogP contribution >= 0.6 is 0 Å². The summed E-state index contributed by atoms with van der Waals surface area (Å²) in [6.07, 6.45) is 9.29. The summed E-state index contributed by atoms with van der Waals surface area (Å²) in [6, 6.07) is 20.4. The van der Waals surface area contributed by atoms with E-state index in [0.29, 0.717) is 19.1 Å². The molecule has 1 heterocycles. The standard InChI is InChI=1S/C30H37N3O3/c1-3-36-28(34)16-10-11-19-32-20-21-33(23(32)2)27-18-17-26(22-27)30(29(31)35,24-12-6-4-7-13-24)25-14-8-5-9-15-25/h4-9,12-15,20-21,26-27H,3,10-11,16-19,22H2,1-2H3,(H-,31,35)/p+1/t26-,27+/m1/s1. The fourth-order valence-electron chi connectivity index (χ4n) is 6.05. The summed E-state index contributed by atoms with van der Waals surface area (Å²) in [4.78, 5) is 24.9. The van der Waals surface area contributed by atoms with E-state index < -0.39 is 5.41 Å². The number of hydrogen-bond acceptors (Lipinski definition) is 3. The lowest BCUT2D eigenvalue weighted by Gasteiger charge is -2.37. The van der Waals surface area contributed by atoms with Gasteiger partial charge in [-0.15, -0.1) is 0 Å². The summed E-state index contributed by atoms with van der Waals surface area (Å²) >= 11 is 0. The fourth-order valence-corrected chi connectivity index (χ4v) is 6.05. The van der Waals surface area contributed by atoms with E-state index in [1.165, 1.54) is 5.82 Å². The van der Waals surface area contributed by atoms with Crippen molar-refractivity contribution in [2.45, 2.75) is 70.4 Å². The van der Waals surface area contributed by atoms with E-state index in [2.05, 4.69) is 28.5 Å². The minimum absolute atomic E-state index is 0.102. The number of primary amides is 1. The first-order valence-electron chi connectivity index (χ1n) is 13.1. The molecule has 0 bridgehead atoms. The lowest BCUT2D eigenvalue weighted by Crippen LogP contribution is -2.47. The highest BCUT2D eigenvalue weighted by atomic mass is 16.5. The zero-order chi connectivity index (χ0) is 25.5. The summed E-state index contributed by atoms with van der Waals surface area (Å²) in [6.45, 7) is 5.28. The van der Waals surface area contributed by atoms with Crippen LogP contribution in [0.25, 0.3) is 0 Å². The molecular weight excluding hydrogens is 450 g/mol. The Bertz CT molecular complexity index is 1120. The third kappa shape index (κ3) is 5.08. The number of unbranched alkanes of at least 4 members (excludes halogenated alkanes) is 1. The Balaban J connectivity index is 1.53. The normalized spacial score (nSPS) is 17.7. The van der Waals surface area contributed by atoms with Crippen LogP contribution in [0.3, 0.4) is 0 Å². The Labute approximate surface area is 214 Å². The molecule has 1 saturated carbocycles. The zero-order valence-electron chi connectivity index (χ0n) is 21.4. The molecule has 4 rings (SSSR count). The highest BCUT2D eigenvalue weighted by Gasteiger charge is 2.51. The molecule has 1 amide bonds.